The number of carbonyl (C=O) groups is 2. The van der Waals surface area contributed by atoms with Crippen molar-refractivity contribution in [3.8, 4) is 0 Å². The Morgan fingerprint density at radius 3 is 2.50 bits per heavy atom. The third-order valence-corrected chi connectivity index (χ3v) is 4.57. The first-order valence-electron chi connectivity index (χ1n) is 7.99. The van der Waals surface area contributed by atoms with Crippen molar-refractivity contribution < 1.29 is 14.3 Å². The molecule has 2 N–H and O–H groups in total. The van der Waals surface area contributed by atoms with Crippen LogP contribution in [0.25, 0.3) is 0 Å². The minimum Gasteiger partial charge on any atom is -0.462 e. The number of nitrogens with one attached hydrogen (secondary N) is 2. The van der Waals surface area contributed by atoms with Crippen LogP contribution in [0.5, 0.6) is 0 Å². The molecule has 1 fully saturated rings. The molecule has 136 valence electrons. The van der Waals surface area contributed by atoms with Gasteiger partial charge in [0.05, 0.1) is 12.0 Å². The molecule has 1 aromatic carbocycles. The summed E-state index contributed by atoms with van der Waals surface area (Å²) in [4.78, 5) is 24.7. The Balaban J connectivity index is 1.74. The number of rotatable bonds is 6. The lowest BCUT2D eigenvalue weighted by molar-refractivity contribution is -0.123. The number of carbonyl (C=O) groups excluding carboxylic acids is 2. The van der Waals surface area contributed by atoms with Crippen LogP contribution in [-0.2, 0) is 14.9 Å². The fourth-order valence-corrected chi connectivity index (χ4v) is 2.87. The van der Waals surface area contributed by atoms with E-state index in [2.05, 4.69) is 21.0 Å². The highest BCUT2D eigenvalue weighted by atomic mass is 35.5. The molecule has 1 aliphatic rings. The highest BCUT2D eigenvalue weighted by Crippen LogP contribution is 2.48. The van der Waals surface area contributed by atoms with E-state index in [0.717, 1.165) is 18.4 Å². The zero-order chi connectivity index (χ0) is 18.7. The Kier molecular flexibility index (Phi) is 5.29. The van der Waals surface area contributed by atoms with Crippen molar-refractivity contribution in [2.45, 2.75) is 25.2 Å². The molecule has 0 saturated heterocycles. The van der Waals surface area contributed by atoms with Crippen molar-refractivity contribution in [1.82, 2.24) is 15.6 Å². The van der Waals surface area contributed by atoms with Gasteiger partial charge in [-0.2, -0.15) is 0 Å². The maximum Gasteiger partial charge on any atom is 0.342 e. The number of hydrogen-bond acceptors (Lipinski definition) is 6. The van der Waals surface area contributed by atoms with Crippen molar-refractivity contribution in [3.05, 3.63) is 51.6 Å². The topological polar surface area (TPSA) is 93.2 Å². The summed E-state index contributed by atoms with van der Waals surface area (Å²) in [6, 6.07) is 8.50. The lowest BCUT2D eigenvalue weighted by atomic mass is 9.95. The number of aromatic nitrogens is 2. The molecule has 1 heterocycles. The second-order valence-corrected chi connectivity index (χ2v) is 6.64. The van der Waals surface area contributed by atoms with E-state index >= 15 is 0 Å². The van der Waals surface area contributed by atoms with Crippen LogP contribution in [0.3, 0.4) is 0 Å². The Morgan fingerprint density at radius 2 is 1.88 bits per heavy atom. The predicted molar refractivity (Wildman–Crippen MR) is 97.1 cm³/mol. The monoisotopic (exact) mass is 394 g/mol. The third kappa shape index (κ3) is 3.73. The molecule has 26 heavy (non-hydrogen) atoms. The van der Waals surface area contributed by atoms with E-state index in [1.165, 1.54) is 6.07 Å². The van der Waals surface area contributed by atoms with Crippen LogP contribution in [-0.4, -0.2) is 28.7 Å². The summed E-state index contributed by atoms with van der Waals surface area (Å²) in [5, 5.41) is 8.16. The van der Waals surface area contributed by atoms with Crippen molar-refractivity contribution in [2.75, 3.05) is 12.0 Å². The van der Waals surface area contributed by atoms with Gasteiger partial charge in [0.1, 0.15) is 5.56 Å². The standard InChI is InChI=1S/C17H16Cl2N4O3/c1-2-26-15(24)12-9-13(19)20-21-14(12)22-23-16(25)17(7-8-17)10-3-5-11(18)6-4-10/h3-6,9H,2,7-8H2,1H3,(H,21,22)(H,23,25). The Labute approximate surface area is 160 Å². The van der Waals surface area contributed by atoms with Crippen LogP contribution in [0.4, 0.5) is 5.82 Å². The van der Waals surface area contributed by atoms with Gasteiger partial charge < -0.3 is 4.74 Å². The molecule has 3 rings (SSSR count). The third-order valence-electron chi connectivity index (χ3n) is 4.14. The van der Waals surface area contributed by atoms with E-state index in [1.54, 1.807) is 19.1 Å². The second-order valence-electron chi connectivity index (χ2n) is 5.82. The summed E-state index contributed by atoms with van der Waals surface area (Å²) in [5.74, 6) is -0.778. The van der Waals surface area contributed by atoms with E-state index in [4.69, 9.17) is 27.9 Å². The number of nitrogens with zero attached hydrogens (tertiary/aromatic N) is 2. The van der Waals surface area contributed by atoms with E-state index in [-0.39, 0.29) is 29.0 Å². The largest absolute Gasteiger partial charge is 0.462 e. The van der Waals surface area contributed by atoms with E-state index < -0.39 is 11.4 Å². The lowest BCUT2D eigenvalue weighted by Crippen LogP contribution is -2.39. The molecule has 1 saturated carbocycles. The molecule has 2 aromatic rings. The highest BCUT2D eigenvalue weighted by molar-refractivity contribution is 6.30. The quantitative estimate of drug-likeness (QED) is 0.577. The zero-order valence-corrected chi connectivity index (χ0v) is 15.4. The van der Waals surface area contributed by atoms with Gasteiger partial charge in [-0.05, 0) is 43.5 Å². The molecule has 0 spiro atoms. The molecular formula is C17H16Cl2N4O3. The fourth-order valence-electron chi connectivity index (χ4n) is 2.60. The van der Waals surface area contributed by atoms with Crippen LogP contribution in [0, 0.1) is 0 Å². The van der Waals surface area contributed by atoms with Crippen LogP contribution < -0.4 is 10.9 Å². The molecule has 0 radical (unpaired) electrons. The first-order chi connectivity index (χ1) is 12.5. The first-order valence-corrected chi connectivity index (χ1v) is 8.75. The second kappa shape index (κ2) is 7.47. The van der Waals surface area contributed by atoms with Gasteiger partial charge in [-0.1, -0.05) is 35.3 Å². The van der Waals surface area contributed by atoms with Crippen LogP contribution >= 0.6 is 23.2 Å². The minimum atomic E-state index is -0.611. The molecule has 1 aromatic heterocycles. The van der Waals surface area contributed by atoms with Crippen molar-refractivity contribution in [1.29, 1.82) is 0 Å². The molecule has 1 aliphatic carbocycles. The average Bonchev–Trinajstić information content (AvgIpc) is 3.43. The highest BCUT2D eigenvalue weighted by Gasteiger charge is 2.51. The molecule has 9 heteroatoms. The van der Waals surface area contributed by atoms with E-state index in [0.29, 0.717) is 5.02 Å². The number of anilines is 1. The van der Waals surface area contributed by atoms with Crippen LogP contribution in [0.15, 0.2) is 30.3 Å². The number of benzene rings is 1. The number of halogens is 2. The van der Waals surface area contributed by atoms with Crippen molar-refractivity contribution >= 4 is 40.9 Å². The van der Waals surface area contributed by atoms with Gasteiger partial charge in [0, 0.05) is 5.02 Å². The number of ether oxygens (including phenoxy) is 1. The van der Waals surface area contributed by atoms with Gasteiger partial charge in [-0.3, -0.25) is 15.6 Å². The van der Waals surface area contributed by atoms with Crippen molar-refractivity contribution in [3.63, 3.8) is 0 Å². The molecule has 0 unspecified atom stereocenters. The van der Waals surface area contributed by atoms with E-state index in [1.807, 2.05) is 12.1 Å². The van der Waals surface area contributed by atoms with Gasteiger partial charge in [-0.25, -0.2) is 4.79 Å². The maximum absolute atomic E-state index is 12.7. The predicted octanol–water partition coefficient (Wildman–Crippen LogP) is 3.14. The summed E-state index contributed by atoms with van der Waals surface area (Å²) in [7, 11) is 0. The SMILES string of the molecule is CCOC(=O)c1cc(Cl)nnc1NNC(=O)C1(c2ccc(Cl)cc2)CC1. The summed E-state index contributed by atoms with van der Waals surface area (Å²) in [6.45, 7) is 1.89. The summed E-state index contributed by atoms with van der Waals surface area (Å²) < 4.78 is 4.96. The van der Waals surface area contributed by atoms with Crippen LogP contribution in [0.2, 0.25) is 10.2 Å². The minimum absolute atomic E-state index is 0.0461. The van der Waals surface area contributed by atoms with Crippen LogP contribution in [0.1, 0.15) is 35.7 Å². The maximum atomic E-state index is 12.7. The molecule has 1 amide bonds. The lowest BCUT2D eigenvalue weighted by Gasteiger charge is -2.17. The summed E-state index contributed by atoms with van der Waals surface area (Å²) in [6.07, 6.45) is 1.44. The molecular weight excluding hydrogens is 379 g/mol. The van der Waals surface area contributed by atoms with Gasteiger partial charge in [0.2, 0.25) is 5.91 Å². The van der Waals surface area contributed by atoms with Gasteiger partial charge >= 0.3 is 5.97 Å². The van der Waals surface area contributed by atoms with Gasteiger partial charge in [-0.15, -0.1) is 10.2 Å². The normalized spacial score (nSPS) is 14.4. The Morgan fingerprint density at radius 1 is 1.19 bits per heavy atom. The summed E-state index contributed by atoms with van der Waals surface area (Å²) >= 11 is 11.7. The average molecular weight is 395 g/mol. The number of hydrogen-bond donors (Lipinski definition) is 2. The van der Waals surface area contributed by atoms with Gasteiger partial charge in [0.25, 0.3) is 0 Å². The first kappa shape index (κ1) is 18.4. The molecule has 7 nitrogen and oxygen atoms in total. The molecule has 0 bridgehead atoms. The number of hydrazine groups is 1. The number of amides is 1. The Hall–Kier alpha value is -2.38. The van der Waals surface area contributed by atoms with Crippen molar-refractivity contribution in [2.24, 2.45) is 0 Å². The zero-order valence-electron chi connectivity index (χ0n) is 13.9. The van der Waals surface area contributed by atoms with E-state index in [9.17, 15) is 9.59 Å². The Bertz CT molecular complexity index is 838. The molecule has 0 atom stereocenters. The molecule has 0 aliphatic heterocycles. The smallest absolute Gasteiger partial charge is 0.342 e. The summed E-state index contributed by atoms with van der Waals surface area (Å²) in [5.41, 5.74) is 5.60. The van der Waals surface area contributed by atoms with Gasteiger partial charge in [0.15, 0.2) is 11.0 Å². The fraction of sp³-hybridized carbons (Fsp3) is 0.294. The number of esters is 1.